The van der Waals surface area contributed by atoms with Crippen molar-refractivity contribution in [3.05, 3.63) is 78.6 Å². The minimum absolute atomic E-state index is 0.00744. The Hall–Kier alpha value is -3.79. The van der Waals surface area contributed by atoms with Gasteiger partial charge in [0, 0.05) is 37.6 Å². The number of amides is 2. The first-order chi connectivity index (χ1) is 15.4. The molecule has 1 atom stereocenters. The molecule has 3 aromatic rings. The molecule has 164 valence electrons. The van der Waals surface area contributed by atoms with Crippen LogP contribution in [0.25, 0.3) is 0 Å². The van der Waals surface area contributed by atoms with Crippen molar-refractivity contribution in [1.29, 1.82) is 0 Å². The molecule has 10 heteroatoms. The molecule has 1 saturated heterocycles. The number of nitrogens with zero attached hydrogens (tertiary/aromatic N) is 3. The number of benzene rings is 2. The van der Waals surface area contributed by atoms with Crippen molar-refractivity contribution in [2.24, 2.45) is 5.92 Å². The molecular weight excluding hydrogens is 430 g/mol. The van der Waals surface area contributed by atoms with E-state index in [1.165, 1.54) is 36.7 Å². The highest BCUT2D eigenvalue weighted by Crippen LogP contribution is 2.23. The van der Waals surface area contributed by atoms with E-state index < -0.39 is 15.9 Å². The molecule has 4 rings (SSSR count). The molecule has 2 N–H and O–H groups in total. The lowest BCUT2D eigenvalue weighted by atomic mass is 10.1. The maximum absolute atomic E-state index is 12.6. The van der Waals surface area contributed by atoms with Gasteiger partial charge >= 0.3 is 0 Å². The monoisotopic (exact) mass is 451 g/mol. The molecule has 2 heterocycles. The summed E-state index contributed by atoms with van der Waals surface area (Å²) < 4.78 is 27.2. The molecule has 1 aliphatic heterocycles. The minimum Gasteiger partial charge on any atom is -0.338 e. The molecule has 0 saturated carbocycles. The molecule has 0 aliphatic carbocycles. The Kier molecular flexibility index (Phi) is 6.13. The zero-order valence-electron chi connectivity index (χ0n) is 17.0. The number of anilines is 2. The predicted molar refractivity (Wildman–Crippen MR) is 118 cm³/mol. The van der Waals surface area contributed by atoms with E-state index in [4.69, 9.17) is 0 Å². The second-order valence-corrected chi connectivity index (χ2v) is 9.03. The Balaban J connectivity index is 1.36. The van der Waals surface area contributed by atoms with Gasteiger partial charge in [-0.1, -0.05) is 30.3 Å². The van der Waals surface area contributed by atoms with Gasteiger partial charge in [-0.05, 0) is 35.9 Å². The van der Waals surface area contributed by atoms with E-state index in [1.807, 2.05) is 30.3 Å². The lowest BCUT2D eigenvalue weighted by molar-refractivity contribution is -0.128. The molecule has 1 aromatic heterocycles. The second kappa shape index (κ2) is 9.15. The van der Waals surface area contributed by atoms with Crippen LogP contribution in [0.2, 0.25) is 0 Å². The van der Waals surface area contributed by atoms with Crippen LogP contribution in [0, 0.1) is 5.92 Å². The average Bonchev–Trinajstić information content (AvgIpc) is 3.15. The molecule has 0 radical (unpaired) electrons. The van der Waals surface area contributed by atoms with Crippen LogP contribution in [0.15, 0.2) is 78.0 Å². The van der Waals surface area contributed by atoms with Gasteiger partial charge in [-0.2, -0.15) is 0 Å². The lowest BCUT2D eigenvalue weighted by Gasteiger charge is -2.16. The molecule has 0 bridgehead atoms. The van der Waals surface area contributed by atoms with E-state index in [0.717, 1.165) is 5.56 Å². The van der Waals surface area contributed by atoms with Crippen molar-refractivity contribution in [2.45, 2.75) is 17.9 Å². The number of carbonyl (C=O) groups excluding carboxylic acids is 2. The number of hydrogen-bond donors (Lipinski definition) is 2. The summed E-state index contributed by atoms with van der Waals surface area (Å²) in [5, 5.41) is 2.76. The Labute approximate surface area is 185 Å². The highest BCUT2D eigenvalue weighted by atomic mass is 32.2. The Morgan fingerprint density at radius 2 is 1.69 bits per heavy atom. The fourth-order valence-corrected chi connectivity index (χ4v) is 4.36. The van der Waals surface area contributed by atoms with Crippen LogP contribution in [-0.2, 0) is 26.2 Å². The first-order valence-corrected chi connectivity index (χ1v) is 11.4. The number of sulfonamides is 1. The van der Waals surface area contributed by atoms with Crippen LogP contribution in [-0.4, -0.2) is 41.6 Å². The number of hydrogen-bond acceptors (Lipinski definition) is 6. The number of rotatable bonds is 7. The van der Waals surface area contributed by atoms with E-state index in [1.54, 1.807) is 11.0 Å². The average molecular weight is 452 g/mol. The molecule has 0 spiro atoms. The standard InChI is InChI=1S/C22H21N5O4S/c28-20-13-17(15-27(20)14-16-5-2-1-3-6-16)21(29)25-18-7-9-19(10-8-18)32(30,31)26-22-23-11-4-12-24-22/h1-12,17H,13-15H2,(H,25,29)(H,23,24,26). The molecule has 2 aromatic carbocycles. The van der Waals surface area contributed by atoms with Crippen molar-refractivity contribution < 1.29 is 18.0 Å². The van der Waals surface area contributed by atoms with Crippen molar-refractivity contribution >= 4 is 33.5 Å². The molecule has 32 heavy (non-hydrogen) atoms. The van der Waals surface area contributed by atoms with Crippen molar-refractivity contribution in [3.8, 4) is 0 Å². The Morgan fingerprint density at radius 3 is 2.38 bits per heavy atom. The van der Waals surface area contributed by atoms with Gasteiger partial charge in [0.05, 0.1) is 10.8 Å². The third kappa shape index (κ3) is 5.09. The maximum Gasteiger partial charge on any atom is 0.264 e. The lowest BCUT2D eigenvalue weighted by Crippen LogP contribution is -2.28. The van der Waals surface area contributed by atoms with Crippen molar-refractivity contribution in [2.75, 3.05) is 16.6 Å². The maximum atomic E-state index is 12.6. The Bertz CT molecular complexity index is 1200. The highest BCUT2D eigenvalue weighted by Gasteiger charge is 2.34. The second-order valence-electron chi connectivity index (χ2n) is 7.35. The summed E-state index contributed by atoms with van der Waals surface area (Å²) in [4.78, 5) is 34.3. The molecule has 1 unspecified atom stereocenters. The van der Waals surface area contributed by atoms with E-state index >= 15 is 0 Å². The predicted octanol–water partition coefficient (Wildman–Crippen LogP) is 2.26. The third-order valence-corrected chi connectivity index (χ3v) is 6.37. The van der Waals surface area contributed by atoms with Crippen LogP contribution >= 0.6 is 0 Å². The summed E-state index contributed by atoms with van der Waals surface area (Å²) in [7, 11) is -3.86. The summed E-state index contributed by atoms with van der Waals surface area (Å²) in [6.45, 7) is 0.807. The first kappa shape index (κ1) is 21.4. The summed E-state index contributed by atoms with van der Waals surface area (Å²) >= 11 is 0. The fraction of sp³-hybridized carbons (Fsp3) is 0.182. The van der Waals surface area contributed by atoms with Gasteiger partial charge in [0.2, 0.25) is 17.8 Å². The van der Waals surface area contributed by atoms with E-state index in [0.29, 0.717) is 18.8 Å². The van der Waals surface area contributed by atoms with Gasteiger partial charge in [-0.15, -0.1) is 0 Å². The van der Waals surface area contributed by atoms with Crippen LogP contribution in [0.4, 0.5) is 11.6 Å². The number of carbonyl (C=O) groups is 2. The summed E-state index contributed by atoms with van der Waals surface area (Å²) in [6, 6.07) is 16.9. The molecular formula is C22H21N5O4S. The zero-order chi connectivity index (χ0) is 22.6. The van der Waals surface area contributed by atoms with E-state index in [-0.39, 0.29) is 29.1 Å². The topological polar surface area (TPSA) is 121 Å². The van der Waals surface area contributed by atoms with Crippen molar-refractivity contribution in [3.63, 3.8) is 0 Å². The van der Waals surface area contributed by atoms with Crippen LogP contribution < -0.4 is 10.0 Å². The van der Waals surface area contributed by atoms with E-state index in [9.17, 15) is 18.0 Å². The third-order valence-electron chi connectivity index (χ3n) is 5.03. The quantitative estimate of drug-likeness (QED) is 0.568. The van der Waals surface area contributed by atoms with Gasteiger partial charge in [0.1, 0.15) is 0 Å². The van der Waals surface area contributed by atoms with Gasteiger partial charge < -0.3 is 10.2 Å². The van der Waals surface area contributed by atoms with Gasteiger partial charge in [-0.25, -0.2) is 23.1 Å². The normalized spacial score (nSPS) is 16.1. The highest BCUT2D eigenvalue weighted by molar-refractivity contribution is 7.92. The van der Waals surface area contributed by atoms with Crippen molar-refractivity contribution in [1.82, 2.24) is 14.9 Å². The first-order valence-electron chi connectivity index (χ1n) is 9.93. The zero-order valence-corrected chi connectivity index (χ0v) is 17.8. The van der Waals surface area contributed by atoms with Crippen LogP contribution in [0.5, 0.6) is 0 Å². The number of nitrogens with one attached hydrogen (secondary N) is 2. The molecule has 2 amide bonds. The van der Waals surface area contributed by atoms with Gasteiger partial charge in [0.15, 0.2) is 0 Å². The smallest absolute Gasteiger partial charge is 0.264 e. The molecule has 1 aliphatic rings. The van der Waals surface area contributed by atoms with Crippen LogP contribution in [0.3, 0.4) is 0 Å². The Morgan fingerprint density at radius 1 is 1.00 bits per heavy atom. The van der Waals surface area contributed by atoms with Gasteiger partial charge in [-0.3, -0.25) is 9.59 Å². The number of likely N-dealkylation sites (tertiary alicyclic amines) is 1. The fourth-order valence-electron chi connectivity index (χ4n) is 3.40. The summed E-state index contributed by atoms with van der Waals surface area (Å²) in [6.07, 6.45) is 3.00. The minimum atomic E-state index is -3.86. The summed E-state index contributed by atoms with van der Waals surface area (Å²) in [5.74, 6) is -0.840. The summed E-state index contributed by atoms with van der Waals surface area (Å²) in [5.41, 5.74) is 1.45. The largest absolute Gasteiger partial charge is 0.338 e. The SMILES string of the molecule is O=C(Nc1ccc(S(=O)(=O)Nc2ncccn2)cc1)C1CC(=O)N(Cc2ccccc2)C1. The van der Waals surface area contributed by atoms with Gasteiger partial charge in [0.25, 0.3) is 10.0 Å². The number of aromatic nitrogens is 2. The molecule has 9 nitrogen and oxygen atoms in total. The van der Waals surface area contributed by atoms with E-state index in [2.05, 4.69) is 20.0 Å². The molecule has 1 fully saturated rings. The van der Waals surface area contributed by atoms with Crippen LogP contribution in [0.1, 0.15) is 12.0 Å².